The third-order valence-corrected chi connectivity index (χ3v) is 10.1. The molecule has 0 radical (unpaired) electrons. The standard InChI is InChI=1S/C24H23ClF3NO5S/c1-11-5-14-9-24(32,12(2)30)10-16(11)22(14)35(33,34)20-6-13(3-4-17(20)25)23(31)29-15-7-18(26)21(28)19(27)8-15/h3-4,6-8,11,14,16,22,32H,5,9-10H2,1-2H3,(H,29,31)/t11-,14-,16?,22?,24+/m0/s1. The Morgan fingerprint density at radius 2 is 1.74 bits per heavy atom. The van der Waals surface area contributed by atoms with E-state index in [-0.39, 0.29) is 39.9 Å². The molecule has 0 aromatic heterocycles. The Morgan fingerprint density at radius 1 is 1.11 bits per heavy atom. The van der Waals surface area contributed by atoms with Crippen LogP contribution in [-0.4, -0.2) is 36.1 Å². The highest BCUT2D eigenvalue weighted by molar-refractivity contribution is 7.92. The molecule has 6 nitrogen and oxygen atoms in total. The van der Waals surface area contributed by atoms with Gasteiger partial charge in [-0.2, -0.15) is 0 Å². The number of Topliss-reactive ketones (excluding diaryl/α,β-unsaturated/α-hetero) is 1. The summed E-state index contributed by atoms with van der Waals surface area (Å²) in [7, 11) is -4.09. The Bertz CT molecular complexity index is 1310. The van der Waals surface area contributed by atoms with Gasteiger partial charge in [0.05, 0.1) is 15.2 Å². The van der Waals surface area contributed by atoms with Gasteiger partial charge in [-0.3, -0.25) is 9.59 Å². The summed E-state index contributed by atoms with van der Waals surface area (Å²) in [4.78, 5) is 24.4. The van der Waals surface area contributed by atoms with Crippen LogP contribution < -0.4 is 5.32 Å². The molecule has 2 saturated carbocycles. The summed E-state index contributed by atoms with van der Waals surface area (Å²) in [6.07, 6.45) is 0.555. The molecule has 2 aromatic rings. The van der Waals surface area contributed by atoms with Crippen LogP contribution in [0.25, 0.3) is 0 Å². The molecule has 35 heavy (non-hydrogen) atoms. The number of halogens is 4. The highest BCUT2D eigenvalue weighted by atomic mass is 35.5. The molecular weight excluding hydrogens is 507 g/mol. The average Bonchev–Trinajstić information content (AvgIpc) is 2.99. The lowest BCUT2D eigenvalue weighted by molar-refractivity contribution is -0.140. The van der Waals surface area contributed by atoms with Gasteiger partial charge in [0.25, 0.3) is 5.91 Å². The fraction of sp³-hybridized carbons (Fsp3) is 0.417. The maximum atomic E-state index is 13.7. The molecule has 2 aliphatic rings. The molecule has 2 N–H and O–H groups in total. The largest absolute Gasteiger partial charge is 0.382 e. The van der Waals surface area contributed by atoms with Gasteiger partial charge in [0.1, 0.15) is 5.60 Å². The lowest BCUT2D eigenvalue weighted by Gasteiger charge is -2.40. The maximum Gasteiger partial charge on any atom is 0.255 e. The normalized spacial score (nSPS) is 28.1. The van der Waals surface area contributed by atoms with E-state index in [2.05, 4.69) is 5.32 Å². The number of carbonyl (C=O) groups is 2. The number of hydrogen-bond acceptors (Lipinski definition) is 5. The predicted octanol–water partition coefficient (Wildman–Crippen LogP) is 4.54. The molecule has 0 saturated heterocycles. The minimum Gasteiger partial charge on any atom is -0.382 e. The lowest BCUT2D eigenvalue weighted by atomic mass is 9.74. The molecule has 0 spiro atoms. The molecule has 11 heteroatoms. The molecule has 5 atom stereocenters. The SMILES string of the molecule is CC(=O)[C@]1(O)CC2C(S(=O)(=O)c3cc(C(=O)Nc4cc(F)c(F)c(F)c4)ccc3Cl)[C@@H](C[C@@H]2C)C1. The van der Waals surface area contributed by atoms with E-state index in [0.717, 1.165) is 6.07 Å². The van der Waals surface area contributed by atoms with Crippen molar-refractivity contribution in [2.45, 2.75) is 48.9 Å². The second-order valence-electron chi connectivity index (χ2n) is 9.50. The van der Waals surface area contributed by atoms with Crippen LogP contribution in [-0.2, 0) is 14.6 Å². The summed E-state index contributed by atoms with van der Waals surface area (Å²) >= 11 is 6.23. The molecule has 0 aliphatic heterocycles. The quantitative estimate of drug-likeness (QED) is 0.554. The summed E-state index contributed by atoms with van der Waals surface area (Å²) in [5.41, 5.74) is -2.07. The molecular formula is C24H23ClF3NO5S. The van der Waals surface area contributed by atoms with E-state index in [1.807, 2.05) is 6.92 Å². The molecule has 2 unspecified atom stereocenters. The number of anilines is 1. The molecule has 2 aromatic carbocycles. The van der Waals surface area contributed by atoms with Crippen LogP contribution in [0.1, 0.15) is 43.5 Å². The van der Waals surface area contributed by atoms with Crippen LogP contribution in [0.2, 0.25) is 5.02 Å². The van der Waals surface area contributed by atoms with E-state index in [4.69, 9.17) is 11.6 Å². The average molecular weight is 530 g/mol. The molecule has 2 aliphatic carbocycles. The molecule has 4 rings (SSSR count). The van der Waals surface area contributed by atoms with Gasteiger partial charge < -0.3 is 10.4 Å². The summed E-state index contributed by atoms with van der Waals surface area (Å²) in [5, 5.41) is 12.0. The number of carbonyl (C=O) groups excluding carboxylic acids is 2. The number of fused-ring (bicyclic) bond motifs is 2. The van der Waals surface area contributed by atoms with Gasteiger partial charge in [-0.25, -0.2) is 21.6 Å². The third kappa shape index (κ3) is 4.47. The highest BCUT2D eigenvalue weighted by Crippen LogP contribution is 2.54. The van der Waals surface area contributed by atoms with E-state index in [1.165, 1.54) is 19.1 Å². The van der Waals surface area contributed by atoms with E-state index in [1.54, 1.807) is 0 Å². The molecule has 2 fully saturated rings. The van der Waals surface area contributed by atoms with Crippen molar-refractivity contribution >= 4 is 38.8 Å². The number of rotatable bonds is 5. The predicted molar refractivity (Wildman–Crippen MR) is 122 cm³/mol. The first kappa shape index (κ1) is 25.7. The van der Waals surface area contributed by atoms with Crippen molar-refractivity contribution in [1.82, 2.24) is 0 Å². The topological polar surface area (TPSA) is 101 Å². The number of aliphatic hydroxyl groups is 1. The van der Waals surface area contributed by atoms with Crippen LogP contribution >= 0.6 is 11.6 Å². The van der Waals surface area contributed by atoms with Crippen molar-refractivity contribution in [3.63, 3.8) is 0 Å². The fourth-order valence-corrected chi connectivity index (χ4v) is 8.40. The number of amides is 1. The zero-order valence-electron chi connectivity index (χ0n) is 18.8. The van der Waals surface area contributed by atoms with Crippen molar-refractivity contribution in [2.24, 2.45) is 17.8 Å². The second kappa shape index (κ2) is 8.90. The van der Waals surface area contributed by atoms with E-state index in [0.29, 0.717) is 18.6 Å². The fourth-order valence-electron chi connectivity index (χ4n) is 5.49. The van der Waals surface area contributed by atoms with E-state index >= 15 is 0 Å². The Hall–Kier alpha value is -2.43. The van der Waals surface area contributed by atoms with Gasteiger partial charge in [-0.1, -0.05) is 18.5 Å². The highest BCUT2D eigenvalue weighted by Gasteiger charge is 2.58. The van der Waals surface area contributed by atoms with E-state index in [9.17, 15) is 36.3 Å². The van der Waals surface area contributed by atoms with Crippen LogP contribution in [0.4, 0.5) is 18.9 Å². The van der Waals surface area contributed by atoms with Crippen LogP contribution in [0.3, 0.4) is 0 Å². The second-order valence-corrected chi connectivity index (χ2v) is 12.0. The number of sulfone groups is 1. The van der Waals surface area contributed by atoms with Gasteiger partial charge in [-0.05, 0) is 62.1 Å². The van der Waals surface area contributed by atoms with Gasteiger partial charge in [0.15, 0.2) is 33.1 Å². The Labute approximate surface area is 205 Å². The van der Waals surface area contributed by atoms with Crippen LogP contribution in [0, 0.1) is 35.2 Å². The van der Waals surface area contributed by atoms with Crippen LogP contribution in [0.5, 0.6) is 0 Å². The van der Waals surface area contributed by atoms with Crippen molar-refractivity contribution in [1.29, 1.82) is 0 Å². The van der Waals surface area contributed by atoms with Crippen molar-refractivity contribution in [3.8, 4) is 0 Å². The first-order chi connectivity index (χ1) is 16.2. The number of benzene rings is 2. The van der Waals surface area contributed by atoms with Crippen molar-refractivity contribution in [2.75, 3.05) is 5.32 Å². The Morgan fingerprint density at radius 3 is 2.31 bits per heavy atom. The number of nitrogens with one attached hydrogen (secondary N) is 1. The monoisotopic (exact) mass is 529 g/mol. The zero-order valence-corrected chi connectivity index (χ0v) is 20.4. The zero-order chi connectivity index (χ0) is 25.9. The molecule has 1 amide bonds. The first-order valence-electron chi connectivity index (χ1n) is 11.0. The molecule has 0 heterocycles. The lowest BCUT2D eigenvalue weighted by Crippen LogP contribution is -2.50. The minimum absolute atomic E-state index is 0.0172. The van der Waals surface area contributed by atoms with E-state index < -0.39 is 61.7 Å². The summed E-state index contributed by atoms with van der Waals surface area (Å²) in [6.45, 7) is 3.17. The van der Waals surface area contributed by atoms with Gasteiger partial charge in [0.2, 0.25) is 0 Å². The van der Waals surface area contributed by atoms with Crippen molar-refractivity contribution in [3.05, 3.63) is 58.4 Å². The smallest absolute Gasteiger partial charge is 0.255 e. The Balaban J connectivity index is 1.66. The van der Waals surface area contributed by atoms with Gasteiger partial charge in [-0.15, -0.1) is 0 Å². The van der Waals surface area contributed by atoms with Crippen LogP contribution in [0.15, 0.2) is 35.2 Å². The maximum absolute atomic E-state index is 13.7. The molecule has 188 valence electrons. The van der Waals surface area contributed by atoms with Gasteiger partial charge in [0, 0.05) is 23.4 Å². The Kier molecular flexibility index (Phi) is 6.53. The number of hydrogen-bond donors (Lipinski definition) is 2. The first-order valence-corrected chi connectivity index (χ1v) is 12.9. The van der Waals surface area contributed by atoms with Gasteiger partial charge >= 0.3 is 0 Å². The number of ketones is 1. The summed E-state index contributed by atoms with van der Waals surface area (Å²) in [5.74, 6) is -6.96. The summed E-state index contributed by atoms with van der Waals surface area (Å²) in [6, 6.07) is 4.76. The minimum atomic E-state index is -4.09. The molecule has 2 bridgehead atoms. The third-order valence-electron chi connectivity index (χ3n) is 7.22. The van der Waals surface area contributed by atoms with Crippen molar-refractivity contribution < 1.29 is 36.3 Å². The summed E-state index contributed by atoms with van der Waals surface area (Å²) < 4.78 is 67.6.